The van der Waals surface area contributed by atoms with Crippen molar-refractivity contribution in [1.82, 2.24) is 10.3 Å². The molecule has 0 saturated carbocycles. The highest BCUT2D eigenvalue weighted by Gasteiger charge is 2.34. The van der Waals surface area contributed by atoms with Gasteiger partial charge < -0.3 is 15.5 Å². The lowest BCUT2D eigenvalue weighted by atomic mass is 10.1. The molecule has 1 unspecified atom stereocenters. The number of aliphatic carboxylic acids is 1. The highest BCUT2D eigenvalue weighted by atomic mass is 32.1. The molecule has 11 heteroatoms. The maximum atomic E-state index is 12.3. The van der Waals surface area contributed by atoms with E-state index in [2.05, 4.69) is 4.98 Å². The summed E-state index contributed by atoms with van der Waals surface area (Å²) >= 11 is 0.221. The first-order valence-electron chi connectivity index (χ1n) is 5.06. The predicted molar refractivity (Wildman–Crippen MR) is 62.4 cm³/mol. The number of carbonyl (C=O) groups excluding carboxylic acids is 1. The van der Waals surface area contributed by atoms with Crippen molar-refractivity contribution in [3.8, 4) is 0 Å². The molecule has 1 rings (SSSR count). The molecule has 2 amide bonds. The average molecular weight is 313 g/mol. The molecule has 1 heterocycles. The van der Waals surface area contributed by atoms with Crippen LogP contribution in [0.4, 0.5) is 23.1 Å². The van der Waals surface area contributed by atoms with Crippen molar-refractivity contribution in [2.75, 3.05) is 11.9 Å². The van der Waals surface area contributed by atoms with E-state index in [-0.39, 0.29) is 16.5 Å². The van der Waals surface area contributed by atoms with Gasteiger partial charge in [-0.2, -0.15) is 13.2 Å². The molecule has 4 N–H and O–H groups in total. The molecule has 0 saturated heterocycles. The Morgan fingerprint density at radius 2 is 2.05 bits per heavy atom. The van der Waals surface area contributed by atoms with Crippen LogP contribution in [0.1, 0.15) is 11.8 Å². The minimum Gasteiger partial charge on any atom is -0.479 e. The Labute approximate surface area is 114 Å². The topological polar surface area (TPSA) is 112 Å². The molecule has 112 valence electrons. The van der Waals surface area contributed by atoms with Gasteiger partial charge in [-0.25, -0.2) is 14.6 Å². The van der Waals surface area contributed by atoms with Crippen molar-refractivity contribution in [3.63, 3.8) is 0 Å². The van der Waals surface area contributed by atoms with Crippen molar-refractivity contribution in [1.29, 1.82) is 0 Å². The third-order valence-electron chi connectivity index (χ3n) is 2.06. The molecule has 0 aliphatic rings. The first kappa shape index (κ1) is 16.2. The summed E-state index contributed by atoms with van der Waals surface area (Å²) in [5.74, 6) is -1.55. The molecule has 0 aliphatic carbocycles. The molecule has 0 fully saturated rings. The summed E-state index contributed by atoms with van der Waals surface area (Å²) < 4.78 is 36.8. The van der Waals surface area contributed by atoms with Crippen LogP contribution in [0.15, 0.2) is 6.20 Å². The van der Waals surface area contributed by atoms with Crippen molar-refractivity contribution >= 4 is 28.5 Å². The Bertz CT molecular complexity index is 515. The fourth-order valence-corrected chi connectivity index (χ4v) is 1.61. The van der Waals surface area contributed by atoms with Gasteiger partial charge in [-0.1, -0.05) is 11.3 Å². The van der Waals surface area contributed by atoms with Gasteiger partial charge in [-0.3, -0.25) is 5.32 Å². The molecule has 0 aliphatic heterocycles. The van der Waals surface area contributed by atoms with Crippen LogP contribution in [0, 0.1) is 0 Å². The number of rotatable bonds is 4. The SMILES string of the molecule is CC(O)(CNC(=O)Nc1ncc(C(F)(F)F)s1)C(=O)O. The van der Waals surface area contributed by atoms with E-state index in [0.29, 0.717) is 6.20 Å². The molecule has 7 nitrogen and oxygen atoms in total. The summed E-state index contributed by atoms with van der Waals surface area (Å²) in [4.78, 5) is 24.2. The quantitative estimate of drug-likeness (QED) is 0.665. The zero-order valence-corrected chi connectivity index (χ0v) is 10.8. The first-order valence-corrected chi connectivity index (χ1v) is 5.87. The summed E-state index contributed by atoms with van der Waals surface area (Å²) in [6, 6.07) is -0.977. The number of carbonyl (C=O) groups is 2. The molecule has 20 heavy (non-hydrogen) atoms. The minimum absolute atomic E-state index is 0.221. The van der Waals surface area contributed by atoms with Crippen molar-refractivity contribution in [3.05, 3.63) is 11.1 Å². The van der Waals surface area contributed by atoms with E-state index in [1.165, 1.54) is 0 Å². The van der Waals surface area contributed by atoms with Gasteiger partial charge in [-0.05, 0) is 6.92 Å². The number of amides is 2. The fourth-order valence-electron chi connectivity index (χ4n) is 0.932. The minimum atomic E-state index is -4.55. The highest BCUT2D eigenvalue weighted by molar-refractivity contribution is 7.15. The maximum absolute atomic E-state index is 12.3. The van der Waals surface area contributed by atoms with Crippen molar-refractivity contribution < 1.29 is 33.0 Å². The predicted octanol–water partition coefficient (Wildman–Crippen LogP) is 1.12. The summed E-state index contributed by atoms with van der Waals surface area (Å²) in [5.41, 5.74) is -2.18. The average Bonchev–Trinajstić information content (AvgIpc) is 2.74. The van der Waals surface area contributed by atoms with Crippen LogP contribution in [0.3, 0.4) is 0 Å². The second-order valence-corrected chi connectivity index (χ2v) is 4.94. The van der Waals surface area contributed by atoms with Crippen LogP contribution in [-0.4, -0.2) is 39.3 Å². The smallest absolute Gasteiger partial charge is 0.427 e. The summed E-state index contributed by atoms with van der Waals surface area (Å²) in [6.45, 7) is 0.340. The number of halogens is 3. The number of alkyl halides is 3. The van der Waals surface area contributed by atoms with E-state index < -0.39 is 35.2 Å². The number of anilines is 1. The number of carboxylic acid groups (broad SMARTS) is 1. The summed E-state index contributed by atoms with van der Waals surface area (Å²) in [5, 5.41) is 21.6. The van der Waals surface area contributed by atoms with Crippen LogP contribution >= 0.6 is 11.3 Å². The van der Waals surface area contributed by atoms with Crippen LogP contribution in [-0.2, 0) is 11.0 Å². The summed E-state index contributed by atoms with van der Waals surface area (Å²) in [6.07, 6.45) is -3.99. The standard InChI is InChI=1S/C9H10F3N3O4S/c1-8(19,5(16)17)3-14-6(18)15-7-13-2-4(20-7)9(10,11)12/h2,19H,3H2,1H3,(H,16,17)(H2,13,14,15,18). The number of hydrogen-bond donors (Lipinski definition) is 4. The normalized spacial score (nSPS) is 14.4. The van der Waals surface area contributed by atoms with Crippen LogP contribution in [0.2, 0.25) is 0 Å². The lowest BCUT2D eigenvalue weighted by molar-refractivity contribution is -0.155. The Morgan fingerprint density at radius 3 is 2.50 bits per heavy atom. The molecule has 1 aromatic rings. The monoisotopic (exact) mass is 313 g/mol. The van der Waals surface area contributed by atoms with Gasteiger partial charge in [0, 0.05) is 0 Å². The van der Waals surface area contributed by atoms with Gasteiger partial charge in [0.25, 0.3) is 0 Å². The van der Waals surface area contributed by atoms with Gasteiger partial charge in [0.2, 0.25) is 0 Å². The zero-order chi connectivity index (χ0) is 15.6. The second kappa shape index (κ2) is 5.63. The van der Waals surface area contributed by atoms with Crippen molar-refractivity contribution in [2.45, 2.75) is 18.7 Å². The van der Waals surface area contributed by atoms with Crippen LogP contribution in [0.25, 0.3) is 0 Å². The number of aliphatic hydroxyl groups is 1. The maximum Gasteiger partial charge on any atom is 0.427 e. The molecule has 0 bridgehead atoms. The number of carboxylic acids is 1. The largest absolute Gasteiger partial charge is 0.479 e. The molecule has 0 radical (unpaired) electrons. The Morgan fingerprint density at radius 1 is 1.45 bits per heavy atom. The highest BCUT2D eigenvalue weighted by Crippen LogP contribution is 2.34. The van der Waals surface area contributed by atoms with E-state index in [1.54, 1.807) is 0 Å². The Balaban J connectivity index is 2.55. The van der Waals surface area contributed by atoms with Crippen molar-refractivity contribution in [2.24, 2.45) is 0 Å². The van der Waals surface area contributed by atoms with E-state index in [0.717, 1.165) is 6.92 Å². The van der Waals surface area contributed by atoms with Gasteiger partial charge in [-0.15, -0.1) is 0 Å². The van der Waals surface area contributed by atoms with Gasteiger partial charge in [0.05, 0.1) is 12.7 Å². The number of nitrogens with one attached hydrogen (secondary N) is 2. The van der Waals surface area contributed by atoms with Gasteiger partial charge >= 0.3 is 18.2 Å². The lowest BCUT2D eigenvalue weighted by Gasteiger charge is -2.18. The van der Waals surface area contributed by atoms with Crippen LogP contribution < -0.4 is 10.6 Å². The lowest BCUT2D eigenvalue weighted by Crippen LogP contribution is -2.47. The third-order valence-corrected chi connectivity index (χ3v) is 3.02. The molecular formula is C9H10F3N3O4S. The number of urea groups is 1. The van der Waals surface area contributed by atoms with Gasteiger partial charge in [0.1, 0.15) is 4.88 Å². The Kier molecular flexibility index (Phi) is 4.55. The van der Waals surface area contributed by atoms with E-state index in [9.17, 15) is 27.9 Å². The van der Waals surface area contributed by atoms with Crippen LogP contribution in [0.5, 0.6) is 0 Å². The number of thiazole rings is 1. The number of nitrogens with zero attached hydrogens (tertiary/aromatic N) is 1. The molecular weight excluding hydrogens is 303 g/mol. The first-order chi connectivity index (χ1) is 9.02. The number of hydrogen-bond acceptors (Lipinski definition) is 5. The number of aromatic nitrogens is 1. The van der Waals surface area contributed by atoms with E-state index >= 15 is 0 Å². The summed E-state index contributed by atoms with van der Waals surface area (Å²) in [7, 11) is 0. The second-order valence-electron chi connectivity index (χ2n) is 3.91. The zero-order valence-electron chi connectivity index (χ0n) is 9.98. The Hall–Kier alpha value is -1.88. The molecule has 1 atom stereocenters. The molecule has 1 aromatic heterocycles. The molecule has 0 aromatic carbocycles. The fraction of sp³-hybridized carbons (Fsp3) is 0.444. The molecule has 0 spiro atoms. The van der Waals surface area contributed by atoms with Gasteiger partial charge in [0.15, 0.2) is 10.7 Å². The van der Waals surface area contributed by atoms with E-state index in [1.807, 2.05) is 10.6 Å². The van der Waals surface area contributed by atoms with E-state index in [4.69, 9.17) is 5.11 Å². The third kappa shape index (κ3) is 4.35.